The maximum Gasteiger partial charge on any atom is 0.0499 e. The van der Waals surface area contributed by atoms with E-state index < -0.39 is 0 Å². The quantitative estimate of drug-likeness (QED) is 0.764. The molecule has 2 saturated heterocycles. The molecular formula is C16H31NO. The van der Waals surface area contributed by atoms with Crippen molar-refractivity contribution >= 4 is 0 Å². The molecule has 0 aromatic rings. The van der Waals surface area contributed by atoms with Crippen molar-refractivity contribution in [3.8, 4) is 0 Å². The second kappa shape index (κ2) is 5.92. The maximum absolute atomic E-state index is 5.78. The molecule has 2 nitrogen and oxygen atoms in total. The van der Waals surface area contributed by atoms with Gasteiger partial charge >= 0.3 is 0 Å². The molecule has 3 atom stereocenters. The van der Waals surface area contributed by atoms with Crippen LogP contribution >= 0.6 is 0 Å². The molecule has 0 N–H and O–H groups in total. The molecular weight excluding hydrogens is 222 g/mol. The minimum atomic E-state index is 0.442. The van der Waals surface area contributed by atoms with Crippen LogP contribution in [0.25, 0.3) is 0 Å². The summed E-state index contributed by atoms with van der Waals surface area (Å²) < 4.78 is 5.78. The largest absolute Gasteiger partial charge is 0.381 e. The normalized spacial score (nSPS) is 35.7. The lowest BCUT2D eigenvalue weighted by atomic mass is 9.68. The molecule has 2 fully saturated rings. The number of rotatable bonds is 3. The lowest BCUT2D eigenvalue weighted by Crippen LogP contribution is -2.39. The van der Waals surface area contributed by atoms with Crippen LogP contribution < -0.4 is 0 Å². The Hall–Kier alpha value is -0.0800. The van der Waals surface area contributed by atoms with Crippen LogP contribution in [-0.4, -0.2) is 38.3 Å². The van der Waals surface area contributed by atoms with Gasteiger partial charge in [-0.1, -0.05) is 20.8 Å². The third-order valence-electron chi connectivity index (χ3n) is 5.05. The monoisotopic (exact) mass is 253 g/mol. The molecule has 0 spiro atoms. The van der Waals surface area contributed by atoms with E-state index in [0.717, 1.165) is 31.0 Å². The fourth-order valence-electron chi connectivity index (χ4n) is 3.93. The first kappa shape index (κ1) is 14.3. The van der Waals surface area contributed by atoms with E-state index in [0.29, 0.717) is 5.41 Å². The van der Waals surface area contributed by atoms with Crippen molar-refractivity contribution in [1.82, 2.24) is 4.90 Å². The molecule has 0 aromatic heterocycles. The zero-order valence-electron chi connectivity index (χ0n) is 12.7. The maximum atomic E-state index is 5.78. The van der Waals surface area contributed by atoms with Crippen molar-refractivity contribution in [3.05, 3.63) is 0 Å². The average molecular weight is 253 g/mol. The fraction of sp³-hybridized carbons (Fsp3) is 1.00. The lowest BCUT2D eigenvalue weighted by molar-refractivity contribution is -0.0339. The van der Waals surface area contributed by atoms with Gasteiger partial charge < -0.3 is 9.64 Å². The summed E-state index contributed by atoms with van der Waals surface area (Å²) in [4.78, 5) is 2.50. The number of ether oxygens (including phenoxy) is 1. The smallest absolute Gasteiger partial charge is 0.0499 e. The van der Waals surface area contributed by atoms with Crippen molar-refractivity contribution in [1.29, 1.82) is 0 Å². The zero-order chi connectivity index (χ0) is 13.2. The number of likely N-dealkylation sites (tertiary alicyclic amines) is 1. The van der Waals surface area contributed by atoms with Gasteiger partial charge in [0.15, 0.2) is 0 Å². The van der Waals surface area contributed by atoms with Crippen LogP contribution in [0.4, 0.5) is 0 Å². The van der Waals surface area contributed by atoms with E-state index in [9.17, 15) is 0 Å². The molecule has 1 unspecified atom stereocenters. The third kappa shape index (κ3) is 3.71. The molecule has 0 aromatic carbocycles. The molecule has 0 amide bonds. The van der Waals surface area contributed by atoms with Crippen molar-refractivity contribution in [2.75, 3.05) is 33.4 Å². The van der Waals surface area contributed by atoms with Gasteiger partial charge in [0.1, 0.15) is 0 Å². The lowest BCUT2D eigenvalue weighted by Gasteiger charge is -2.42. The van der Waals surface area contributed by atoms with E-state index in [1.54, 1.807) is 0 Å². The number of nitrogens with zero attached hydrogens (tertiary/aromatic N) is 1. The predicted octanol–water partition coefficient (Wildman–Crippen LogP) is 3.42. The summed E-state index contributed by atoms with van der Waals surface area (Å²) in [5.74, 6) is 2.40. The molecule has 2 aliphatic heterocycles. The summed E-state index contributed by atoms with van der Waals surface area (Å²) in [5, 5.41) is 0. The van der Waals surface area contributed by atoms with E-state index in [1.807, 2.05) is 0 Å². The minimum Gasteiger partial charge on any atom is -0.381 e. The van der Waals surface area contributed by atoms with E-state index in [1.165, 1.54) is 38.8 Å². The first-order valence-electron chi connectivity index (χ1n) is 7.73. The van der Waals surface area contributed by atoms with Crippen molar-refractivity contribution in [2.24, 2.45) is 23.2 Å². The summed E-state index contributed by atoms with van der Waals surface area (Å²) in [7, 11) is 2.27. The Morgan fingerprint density at radius 3 is 2.72 bits per heavy atom. The highest BCUT2D eigenvalue weighted by Gasteiger charge is 2.35. The Kier molecular flexibility index (Phi) is 4.71. The van der Waals surface area contributed by atoms with Gasteiger partial charge in [-0.2, -0.15) is 0 Å². The van der Waals surface area contributed by atoms with Crippen LogP contribution in [0.15, 0.2) is 0 Å². The average Bonchev–Trinajstić information content (AvgIpc) is 2.28. The molecule has 0 saturated carbocycles. The molecule has 0 bridgehead atoms. The Morgan fingerprint density at radius 2 is 2.06 bits per heavy atom. The Labute approximate surface area is 113 Å². The van der Waals surface area contributed by atoms with Gasteiger partial charge in [0.25, 0.3) is 0 Å². The topological polar surface area (TPSA) is 12.5 Å². The van der Waals surface area contributed by atoms with Gasteiger partial charge in [-0.15, -0.1) is 0 Å². The Bertz CT molecular complexity index is 264. The third-order valence-corrected chi connectivity index (χ3v) is 5.05. The van der Waals surface area contributed by atoms with Gasteiger partial charge in [0, 0.05) is 19.8 Å². The van der Waals surface area contributed by atoms with Crippen LogP contribution in [0.5, 0.6) is 0 Å². The SMILES string of the molecule is C[C@@H]1COCC(C(C)(C)C[C@@H]2CCCN(C)C2)C1. The summed E-state index contributed by atoms with van der Waals surface area (Å²) in [6.45, 7) is 11.8. The van der Waals surface area contributed by atoms with Gasteiger partial charge in [-0.3, -0.25) is 0 Å². The number of piperidine rings is 1. The van der Waals surface area contributed by atoms with Crippen LogP contribution in [-0.2, 0) is 4.74 Å². The van der Waals surface area contributed by atoms with E-state index in [2.05, 4.69) is 32.7 Å². The summed E-state index contributed by atoms with van der Waals surface area (Å²) in [5.41, 5.74) is 0.442. The van der Waals surface area contributed by atoms with Crippen molar-refractivity contribution in [2.45, 2.75) is 46.5 Å². The highest BCUT2D eigenvalue weighted by molar-refractivity contribution is 4.85. The minimum absolute atomic E-state index is 0.442. The Morgan fingerprint density at radius 1 is 1.28 bits per heavy atom. The van der Waals surface area contributed by atoms with Crippen LogP contribution in [0.1, 0.15) is 46.5 Å². The van der Waals surface area contributed by atoms with Gasteiger partial charge in [0.05, 0.1) is 0 Å². The second-order valence-corrected chi connectivity index (χ2v) is 7.54. The van der Waals surface area contributed by atoms with Gasteiger partial charge in [-0.05, 0) is 62.4 Å². The molecule has 0 radical (unpaired) electrons. The van der Waals surface area contributed by atoms with Crippen LogP contribution in [0, 0.1) is 23.2 Å². The summed E-state index contributed by atoms with van der Waals surface area (Å²) >= 11 is 0. The Balaban J connectivity index is 1.89. The molecule has 2 heterocycles. The van der Waals surface area contributed by atoms with Gasteiger partial charge in [0.2, 0.25) is 0 Å². The van der Waals surface area contributed by atoms with Crippen LogP contribution in [0.2, 0.25) is 0 Å². The van der Waals surface area contributed by atoms with Crippen molar-refractivity contribution < 1.29 is 4.74 Å². The molecule has 0 aliphatic carbocycles. The number of hydrogen-bond acceptors (Lipinski definition) is 2. The van der Waals surface area contributed by atoms with E-state index in [4.69, 9.17) is 4.74 Å². The first-order valence-corrected chi connectivity index (χ1v) is 7.73. The number of hydrogen-bond donors (Lipinski definition) is 0. The van der Waals surface area contributed by atoms with Crippen molar-refractivity contribution in [3.63, 3.8) is 0 Å². The molecule has 106 valence electrons. The molecule has 2 heteroatoms. The van der Waals surface area contributed by atoms with E-state index >= 15 is 0 Å². The van der Waals surface area contributed by atoms with Crippen LogP contribution in [0.3, 0.4) is 0 Å². The first-order chi connectivity index (χ1) is 8.47. The summed E-state index contributed by atoms with van der Waals surface area (Å²) in [6.07, 6.45) is 5.54. The zero-order valence-corrected chi connectivity index (χ0v) is 12.7. The highest BCUT2D eigenvalue weighted by atomic mass is 16.5. The van der Waals surface area contributed by atoms with E-state index in [-0.39, 0.29) is 0 Å². The molecule has 2 aliphatic rings. The molecule has 18 heavy (non-hydrogen) atoms. The predicted molar refractivity (Wildman–Crippen MR) is 76.7 cm³/mol. The standard InChI is InChI=1S/C16H31NO/c1-13-8-15(12-18-11-13)16(2,3)9-14-6-5-7-17(4)10-14/h13-15H,5-12H2,1-4H3/t13-,14-,15?/m0/s1. The second-order valence-electron chi connectivity index (χ2n) is 7.54. The highest BCUT2D eigenvalue weighted by Crippen LogP contribution is 2.41. The van der Waals surface area contributed by atoms with Gasteiger partial charge in [-0.25, -0.2) is 0 Å². The summed E-state index contributed by atoms with van der Waals surface area (Å²) in [6, 6.07) is 0. The molecule has 2 rings (SSSR count). The fourth-order valence-corrected chi connectivity index (χ4v) is 3.93.